The molecule has 1 heterocycles. The van der Waals surface area contributed by atoms with Crippen molar-refractivity contribution in [2.75, 3.05) is 0 Å². The molecule has 3 nitrogen and oxygen atoms in total. The monoisotopic (exact) mass is 142 g/mol. The Morgan fingerprint density at radius 3 is 2.20 bits per heavy atom. The highest BCUT2D eigenvalue weighted by Gasteiger charge is 1.85. The lowest BCUT2D eigenvalue weighted by Gasteiger charge is -1.69. The summed E-state index contributed by atoms with van der Waals surface area (Å²) in [6, 6.07) is 2.00. The summed E-state index contributed by atoms with van der Waals surface area (Å²) in [6.07, 6.45) is 1.75. The van der Waals surface area contributed by atoms with Crippen LogP contribution in [0, 0.1) is 13.8 Å². The largest absolute Gasteiger partial charge is 0.483 e. The van der Waals surface area contributed by atoms with Gasteiger partial charge in [0.25, 0.3) is 6.47 Å². The molecule has 0 aliphatic carbocycles. The van der Waals surface area contributed by atoms with Crippen LogP contribution in [-0.4, -0.2) is 11.6 Å². The molecular weight excluding hydrogens is 132 g/mol. The van der Waals surface area contributed by atoms with Gasteiger partial charge >= 0.3 is 0 Å². The van der Waals surface area contributed by atoms with E-state index in [4.69, 9.17) is 14.3 Å². The molecular formula is C7H10O3. The fraction of sp³-hybridized carbons (Fsp3) is 0.286. The molecule has 0 radical (unpaired) electrons. The second-order valence-corrected chi connectivity index (χ2v) is 1.84. The molecule has 1 aromatic rings. The quantitative estimate of drug-likeness (QED) is 0.559. The molecule has 10 heavy (non-hydrogen) atoms. The first-order valence-electron chi connectivity index (χ1n) is 2.80. The third kappa shape index (κ3) is 3.72. The molecule has 0 fully saturated rings. The highest BCUT2D eigenvalue weighted by atomic mass is 16.3. The number of carbonyl (C=O) groups is 1. The Labute approximate surface area is 59.3 Å². The summed E-state index contributed by atoms with van der Waals surface area (Å²) in [7, 11) is 0. The normalized spacial score (nSPS) is 7.80. The second-order valence-electron chi connectivity index (χ2n) is 1.84. The zero-order valence-electron chi connectivity index (χ0n) is 6.00. The third-order valence-corrected chi connectivity index (χ3v) is 0.862. The standard InChI is InChI=1S/C6H8O.CH2O2/c1-5-3-6(2)7-4-5;2-1-3/h3-4H,1-2H3;1H,(H,2,3). The van der Waals surface area contributed by atoms with E-state index in [1.807, 2.05) is 19.9 Å². The maximum Gasteiger partial charge on any atom is 0.290 e. The van der Waals surface area contributed by atoms with Gasteiger partial charge in [-0.2, -0.15) is 0 Å². The van der Waals surface area contributed by atoms with Gasteiger partial charge in [-0.05, 0) is 25.5 Å². The molecule has 0 aliphatic rings. The minimum atomic E-state index is -0.250. The Morgan fingerprint density at radius 2 is 2.10 bits per heavy atom. The minimum absolute atomic E-state index is 0.250. The summed E-state index contributed by atoms with van der Waals surface area (Å²) >= 11 is 0. The van der Waals surface area contributed by atoms with E-state index >= 15 is 0 Å². The molecule has 1 rings (SSSR count). The second kappa shape index (κ2) is 4.61. The number of furan rings is 1. The zero-order valence-corrected chi connectivity index (χ0v) is 6.00. The van der Waals surface area contributed by atoms with Gasteiger partial charge in [0.1, 0.15) is 5.76 Å². The fourth-order valence-corrected chi connectivity index (χ4v) is 0.575. The Kier molecular flexibility index (Phi) is 4.04. The van der Waals surface area contributed by atoms with Crippen molar-refractivity contribution in [1.82, 2.24) is 0 Å². The van der Waals surface area contributed by atoms with E-state index in [0.717, 1.165) is 5.76 Å². The molecule has 0 atom stereocenters. The van der Waals surface area contributed by atoms with Gasteiger partial charge in [0.2, 0.25) is 0 Å². The molecule has 0 spiro atoms. The van der Waals surface area contributed by atoms with Crippen LogP contribution in [0.2, 0.25) is 0 Å². The van der Waals surface area contributed by atoms with Crippen molar-refractivity contribution in [2.45, 2.75) is 13.8 Å². The van der Waals surface area contributed by atoms with Gasteiger partial charge in [-0.1, -0.05) is 0 Å². The first-order valence-corrected chi connectivity index (χ1v) is 2.80. The van der Waals surface area contributed by atoms with Gasteiger partial charge < -0.3 is 9.52 Å². The highest BCUT2D eigenvalue weighted by Crippen LogP contribution is 2.02. The lowest BCUT2D eigenvalue weighted by atomic mass is 10.4. The van der Waals surface area contributed by atoms with Gasteiger partial charge in [-0.3, -0.25) is 4.79 Å². The summed E-state index contributed by atoms with van der Waals surface area (Å²) in [5.41, 5.74) is 1.19. The number of hydrogen-bond acceptors (Lipinski definition) is 2. The number of carboxylic acid groups (broad SMARTS) is 1. The lowest BCUT2D eigenvalue weighted by Crippen LogP contribution is -1.53. The molecule has 0 aliphatic heterocycles. The van der Waals surface area contributed by atoms with E-state index in [0.29, 0.717) is 0 Å². The van der Waals surface area contributed by atoms with Crippen molar-refractivity contribution in [3.05, 3.63) is 23.7 Å². The molecule has 1 aromatic heterocycles. The van der Waals surface area contributed by atoms with E-state index in [-0.39, 0.29) is 6.47 Å². The Morgan fingerprint density at radius 1 is 1.60 bits per heavy atom. The first kappa shape index (κ1) is 8.75. The highest BCUT2D eigenvalue weighted by molar-refractivity contribution is 5.32. The third-order valence-electron chi connectivity index (χ3n) is 0.862. The van der Waals surface area contributed by atoms with Gasteiger partial charge in [-0.15, -0.1) is 0 Å². The van der Waals surface area contributed by atoms with Crippen LogP contribution in [0.15, 0.2) is 16.7 Å². The van der Waals surface area contributed by atoms with E-state index < -0.39 is 0 Å². The average molecular weight is 142 g/mol. The van der Waals surface area contributed by atoms with Crippen molar-refractivity contribution in [3.8, 4) is 0 Å². The lowest BCUT2D eigenvalue weighted by molar-refractivity contribution is -0.122. The van der Waals surface area contributed by atoms with Crippen molar-refractivity contribution < 1.29 is 14.3 Å². The molecule has 0 bridgehead atoms. The molecule has 0 saturated carbocycles. The van der Waals surface area contributed by atoms with Crippen LogP contribution in [-0.2, 0) is 4.79 Å². The van der Waals surface area contributed by atoms with Crippen molar-refractivity contribution in [2.24, 2.45) is 0 Å². The van der Waals surface area contributed by atoms with Gasteiger partial charge in [0.05, 0.1) is 6.26 Å². The molecule has 0 amide bonds. The number of rotatable bonds is 0. The van der Waals surface area contributed by atoms with Crippen molar-refractivity contribution >= 4 is 6.47 Å². The maximum atomic E-state index is 8.36. The molecule has 3 heteroatoms. The minimum Gasteiger partial charge on any atom is -0.483 e. The summed E-state index contributed by atoms with van der Waals surface area (Å²) in [4.78, 5) is 8.36. The zero-order chi connectivity index (χ0) is 7.98. The Balaban J connectivity index is 0.000000236. The molecule has 56 valence electrons. The van der Waals surface area contributed by atoms with Crippen LogP contribution < -0.4 is 0 Å². The summed E-state index contributed by atoms with van der Waals surface area (Å²) < 4.78 is 4.96. The van der Waals surface area contributed by atoms with Gasteiger partial charge in [0.15, 0.2) is 0 Å². The molecule has 0 aromatic carbocycles. The predicted molar refractivity (Wildman–Crippen MR) is 36.9 cm³/mol. The van der Waals surface area contributed by atoms with Crippen LogP contribution in [0.5, 0.6) is 0 Å². The van der Waals surface area contributed by atoms with E-state index in [9.17, 15) is 0 Å². The molecule has 0 saturated heterocycles. The van der Waals surface area contributed by atoms with E-state index in [2.05, 4.69) is 0 Å². The topological polar surface area (TPSA) is 50.4 Å². The number of aryl methyl sites for hydroxylation is 2. The Hall–Kier alpha value is -1.25. The SMILES string of the molecule is Cc1coc(C)c1.O=CO. The van der Waals surface area contributed by atoms with Crippen molar-refractivity contribution in [1.29, 1.82) is 0 Å². The predicted octanol–water partition coefficient (Wildman–Crippen LogP) is 1.60. The average Bonchev–Trinajstić information content (AvgIpc) is 2.17. The van der Waals surface area contributed by atoms with Crippen LogP contribution in [0.25, 0.3) is 0 Å². The van der Waals surface area contributed by atoms with Gasteiger partial charge in [0, 0.05) is 0 Å². The Bertz CT molecular complexity index is 174. The first-order chi connectivity index (χ1) is 4.70. The van der Waals surface area contributed by atoms with E-state index in [1.165, 1.54) is 5.56 Å². The molecule has 1 N–H and O–H groups in total. The summed E-state index contributed by atoms with van der Waals surface area (Å²) in [5, 5.41) is 6.89. The summed E-state index contributed by atoms with van der Waals surface area (Å²) in [6.45, 7) is 3.70. The van der Waals surface area contributed by atoms with E-state index in [1.54, 1.807) is 6.26 Å². The molecule has 0 unspecified atom stereocenters. The van der Waals surface area contributed by atoms with Crippen LogP contribution in [0.4, 0.5) is 0 Å². The van der Waals surface area contributed by atoms with Gasteiger partial charge in [-0.25, -0.2) is 0 Å². The van der Waals surface area contributed by atoms with Crippen molar-refractivity contribution in [3.63, 3.8) is 0 Å². The fourth-order valence-electron chi connectivity index (χ4n) is 0.575. The van der Waals surface area contributed by atoms with Crippen LogP contribution in [0.1, 0.15) is 11.3 Å². The summed E-state index contributed by atoms with van der Waals surface area (Å²) in [5.74, 6) is 0.984. The smallest absolute Gasteiger partial charge is 0.290 e. The van der Waals surface area contributed by atoms with Crippen LogP contribution in [0.3, 0.4) is 0 Å². The van der Waals surface area contributed by atoms with Crippen LogP contribution >= 0.6 is 0 Å². The number of hydrogen-bond donors (Lipinski definition) is 1. The maximum absolute atomic E-state index is 8.36.